The third kappa shape index (κ3) is 6.21. The fourth-order valence-electron chi connectivity index (χ4n) is 0.158. The molecule has 48 valence electrons. The van der Waals surface area contributed by atoms with Gasteiger partial charge >= 0.3 is 15.6 Å². The highest BCUT2D eigenvalue weighted by Gasteiger charge is 2.27. The third-order valence-corrected chi connectivity index (χ3v) is 2.75. The van der Waals surface area contributed by atoms with E-state index in [-0.39, 0.29) is 0 Å². The summed E-state index contributed by atoms with van der Waals surface area (Å²) in [6, 6.07) is 0. The lowest BCUT2D eigenvalue weighted by Crippen LogP contribution is -1.78. The Morgan fingerprint density at radius 1 is 1.50 bits per heavy atom. The Hall–Kier alpha value is 0.210. The molecule has 0 aromatic carbocycles. The third-order valence-electron chi connectivity index (χ3n) is 0.305. The molecule has 3 N–H and O–H groups in total. The maximum Gasteiger partial charge on any atom is 0.518 e. The van der Waals surface area contributed by atoms with E-state index in [0.717, 1.165) is 0 Å². The minimum atomic E-state index is -4.26. The zero-order valence-electron chi connectivity index (χ0n) is 3.76. The summed E-state index contributed by atoms with van der Waals surface area (Å²) in [5.74, 6) is -0.942. The minimum absolute atomic E-state index is 0.942. The van der Waals surface area contributed by atoms with Crippen LogP contribution >= 0.6 is 15.6 Å². The molecule has 0 amide bonds. The van der Waals surface area contributed by atoms with Gasteiger partial charge in [-0.05, 0) is 4.57 Å². The lowest BCUT2D eigenvalue weighted by atomic mass is 11.9. The molecule has 0 aromatic rings. The summed E-state index contributed by atoms with van der Waals surface area (Å²) in [4.78, 5) is 23.8. The van der Waals surface area contributed by atoms with Gasteiger partial charge in [-0.15, -0.1) is 0 Å². The Kier molecular flexibility index (Phi) is 2.74. The van der Waals surface area contributed by atoms with Crippen LogP contribution in [0.15, 0.2) is 0 Å². The van der Waals surface area contributed by atoms with Gasteiger partial charge in [0.15, 0.2) is 0 Å². The largest absolute Gasteiger partial charge is 0.518 e. The predicted molar refractivity (Wildman–Crippen MR) is 26.7 cm³/mol. The molecular formula is CH5O5P2+. The van der Waals surface area contributed by atoms with Gasteiger partial charge < -0.3 is 9.79 Å². The lowest BCUT2D eigenvalue weighted by Gasteiger charge is -1.88. The molecule has 0 aliphatic heterocycles. The van der Waals surface area contributed by atoms with Crippen LogP contribution in [0.3, 0.4) is 0 Å². The van der Waals surface area contributed by atoms with Gasteiger partial charge in [-0.2, -0.15) is 4.89 Å². The van der Waals surface area contributed by atoms with Crippen LogP contribution in [0, 0.1) is 0 Å². The van der Waals surface area contributed by atoms with Crippen LogP contribution in [0.5, 0.6) is 0 Å². The van der Waals surface area contributed by atoms with E-state index in [1.54, 1.807) is 0 Å². The molecule has 7 heteroatoms. The molecular weight excluding hydrogens is 154 g/mol. The molecule has 0 saturated carbocycles. The molecule has 0 aliphatic carbocycles. The molecule has 5 nitrogen and oxygen atoms in total. The summed E-state index contributed by atoms with van der Waals surface area (Å²) in [5.41, 5.74) is 0. The first kappa shape index (κ1) is 8.21. The molecule has 0 bridgehead atoms. The Balaban J connectivity index is 3.74. The van der Waals surface area contributed by atoms with E-state index in [1.165, 1.54) is 0 Å². The highest BCUT2D eigenvalue weighted by atomic mass is 31.2. The molecule has 0 radical (unpaired) electrons. The highest BCUT2D eigenvalue weighted by Crippen LogP contribution is 2.42. The van der Waals surface area contributed by atoms with Crippen molar-refractivity contribution < 1.29 is 23.8 Å². The van der Waals surface area contributed by atoms with Gasteiger partial charge in [0.1, 0.15) is 0 Å². The molecule has 0 rings (SSSR count). The summed E-state index contributed by atoms with van der Waals surface area (Å²) in [5, 5.41) is 0. The van der Waals surface area contributed by atoms with Crippen LogP contribution < -0.4 is 0 Å². The SMILES string of the molecule is O=[P+](O)CP(=O)(O)O. The van der Waals surface area contributed by atoms with Crippen molar-refractivity contribution >= 4 is 15.6 Å². The fourth-order valence-corrected chi connectivity index (χ4v) is 1.42. The van der Waals surface area contributed by atoms with Crippen LogP contribution in [0.1, 0.15) is 0 Å². The van der Waals surface area contributed by atoms with E-state index < -0.39 is 21.5 Å². The summed E-state index contributed by atoms with van der Waals surface area (Å²) >= 11 is 0. The molecule has 0 spiro atoms. The maximum absolute atomic E-state index is 9.79. The monoisotopic (exact) mass is 159 g/mol. The Labute approximate surface area is 46.4 Å². The van der Waals surface area contributed by atoms with Gasteiger partial charge in [0.2, 0.25) is 0 Å². The number of hydrogen-bond acceptors (Lipinski definition) is 2. The first-order valence-electron chi connectivity index (χ1n) is 1.60. The molecule has 1 atom stereocenters. The summed E-state index contributed by atoms with van der Waals surface area (Å²) in [6.45, 7) is 0. The zero-order chi connectivity index (χ0) is 6.78. The predicted octanol–water partition coefficient (Wildman–Crippen LogP) is -0.144. The van der Waals surface area contributed by atoms with E-state index >= 15 is 0 Å². The topological polar surface area (TPSA) is 94.8 Å². The van der Waals surface area contributed by atoms with Gasteiger partial charge in [0.05, 0.1) is 0 Å². The van der Waals surface area contributed by atoms with Crippen molar-refractivity contribution in [3.63, 3.8) is 0 Å². The Morgan fingerprint density at radius 3 is 1.88 bits per heavy atom. The van der Waals surface area contributed by atoms with Gasteiger partial charge in [0, 0.05) is 0 Å². The Morgan fingerprint density at radius 2 is 1.88 bits per heavy atom. The van der Waals surface area contributed by atoms with Crippen molar-refractivity contribution in [1.29, 1.82) is 0 Å². The van der Waals surface area contributed by atoms with Crippen molar-refractivity contribution in [2.24, 2.45) is 0 Å². The van der Waals surface area contributed by atoms with Gasteiger partial charge in [-0.25, -0.2) is 0 Å². The molecule has 1 unspecified atom stereocenters. The standard InChI is InChI=1S/CH4O5P2/c2-7(3)1-8(4,5)6/h1H2,(H2-,2,3,4,5,6)/p+1. The molecule has 0 aliphatic rings. The molecule has 0 saturated heterocycles. The van der Waals surface area contributed by atoms with E-state index in [9.17, 15) is 9.13 Å². The van der Waals surface area contributed by atoms with Crippen LogP contribution in [0.4, 0.5) is 0 Å². The van der Waals surface area contributed by atoms with E-state index in [4.69, 9.17) is 14.7 Å². The quantitative estimate of drug-likeness (QED) is 0.487. The fraction of sp³-hybridized carbons (Fsp3) is 1.00. The van der Waals surface area contributed by atoms with Crippen LogP contribution in [0.2, 0.25) is 0 Å². The number of rotatable bonds is 2. The second kappa shape index (κ2) is 2.67. The maximum atomic E-state index is 9.79. The van der Waals surface area contributed by atoms with Crippen LogP contribution in [-0.2, 0) is 9.13 Å². The molecule has 0 heterocycles. The van der Waals surface area contributed by atoms with E-state index in [0.29, 0.717) is 0 Å². The van der Waals surface area contributed by atoms with Gasteiger partial charge in [-0.1, -0.05) is 0 Å². The highest BCUT2D eigenvalue weighted by molar-refractivity contribution is 7.64. The molecule has 0 aromatic heterocycles. The smallest absolute Gasteiger partial charge is 0.321 e. The van der Waals surface area contributed by atoms with E-state index in [2.05, 4.69) is 0 Å². The number of hydrogen-bond donors (Lipinski definition) is 3. The first-order valence-corrected chi connectivity index (χ1v) is 4.79. The van der Waals surface area contributed by atoms with Crippen molar-refractivity contribution in [2.75, 3.05) is 5.90 Å². The van der Waals surface area contributed by atoms with Crippen LogP contribution in [-0.4, -0.2) is 20.6 Å². The minimum Gasteiger partial charge on any atom is -0.321 e. The molecule has 0 fully saturated rings. The Bertz CT molecular complexity index is 133. The summed E-state index contributed by atoms with van der Waals surface area (Å²) in [6.07, 6.45) is 0. The van der Waals surface area contributed by atoms with Gasteiger partial charge in [0.25, 0.3) is 5.90 Å². The van der Waals surface area contributed by atoms with Crippen molar-refractivity contribution in [3.8, 4) is 0 Å². The van der Waals surface area contributed by atoms with Crippen molar-refractivity contribution in [2.45, 2.75) is 0 Å². The average Bonchev–Trinajstić information content (AvgIpc) is 1.21. The van der Waals surface area contributed by atoms with Crippen molar-refractivity contribution in [1.82, 2.24) is 0 Å². The lowest BCUT2D eigenvalue weighted by molar-refractivity contribution is 0.377. The second-order valence-electron chi connectivity index (χ2n) is 1.16. The first-order chi connectivity index (χ1) is 3.42. The molecule has 8 heavy (non-hydrogen) atoms. The normalized spacial score (nSPS) is 13.6. The van der Waals surface area contributed by atoms with Gasteiger partial charge in [-0.3, -0.25) is 4.57 Å². The van der Waals surface area contributed by atoms with Crippen LogP contribution in [0.25, 0.3) is 0 Å². The summed E-state index contributed by atoms with van der Waals surface area (Å²) < 4.78 is 19.5. The van der Waals surface area contributed by atoms with E-state index in [1.807, 2.05) is 0 Å². The second-order valence-corrected chi connectivity index (χ2v) is 4.32. The average molecular weight is 159 g/mol. The zero-order valence-corrected chi connectivity index (χ0v) is 5.55. The summed E-state index contributed by atoms with van der Waals surface area (Å²) in [7, 11) is -6.96. The van der Waals surface area contributed by atoms with Crippen molar-refractivity contribution in [3.05, 3.63) is 0 Å².